The zero-order valence-corrected chi connectivity index (χ0v) is 8.81. The second kappa shape index (κ2) is 3.77. The lowest BCUT2D eigenvalue weighted by atomic mass is 10.1. The molecule has 0 unspecified atom stereocenters. The Morgan fingerprint density at radius 1 is 1.57 bits per heavy atom. The van der Waals surface area contributed by atoms with Gasteiger partial charge >= 0.3 is 6.03 Å². The fourth-order valence-corrected chi connectivity index (χ4v) is 1.72. The number of carbonyl (C=O) groups excluding carboxylic acids is 1. The summed E-state index contributed by atoms with van der Waals surface area (Å²) in [5, 5.41) is 6.21. The number of nitrogens with one attached hydrogen (secondary N) is 2. The Kier molecular flexibility index (Phi) is 2.63. The molecule has 80 valence electrons. The number of hydrogen-bond donors (Lipinski definition) is 2. The molecule has 0 spiro atoms. The van der Waals surface area contributed by atoms with Crippen LogP contribution in [0.25, 0.3) is 0 Å². The molecule has 4 nitrogen and oxygen atoms in total. The molecule has 14 heavy (non-hydrogen) atoms. The van der Waals surface area contributed by atoms with Crippen molar-refractivity contribution in [3.63, 3.8) is 0 Å². The Morgan fingerprint density at radius 2 is 2.36 bits per heavy atom. The first-order chi connectivity index (χ1) is 6.70. The normalized spacial score (nSPS) is 23.8. The first-order valence-electron chi connectivity index (χ1n) is 5.43. The van der Waals surface area contributed by atoms with Gasteiger partial charge in [-0.25, -0.2) is 4.79 Å². The fraction of sp³-hybridized carbons (Fsp3) is 0.900. The number of carbonyl (C=O) groups is 1. The van der Waals surface area contributed by atoms with Gasteiger partial charge in [0.05, 0.1) is 0 Å². The Morgan fingerprint density at radius 3 is 2.93 bits per heavy atom. The van der Waals surface area contributed by atoms with E-state index in [0.29, 0.717) is 5.41 Å². The molecular weight excluding hydrogens is 178 g/mol. The molecule has 0 aromatic rings. The average molecular weight is 197 g/mol. The number of nitrogens with zero attached hydrogens (tertiary/aromatic N) is 1. The Hall–Kier alpha value is -0.770. The number of amides is 2. The SMILES string of the molecule is CC1(CNCCN2CCNC2=O)CC1. The van der Waals surface area contributed by atoms with E-state index in [2.05, 4.69) is 17.6 Å². The number of hydrogen-bond acceptors (Lipinski definition) is 2. The van der Waals surface area contributed by atoms with Crippen molar-refractivity contribution in [2.45, 2.75) is 19.8 Å². The molecule has 2 fully saturated rings. The van der Waals surface area contributed by atoms with Crippen LogP contribution in [0.15, 0.2) is 0 Å². The maximum atomic E-state index is 11.2. The van der Waals surface area contributed by atoms with Crippen molar-refractivity contribution in [1.29, 1.82) is 0 Å². The second-order valence-electron chi connectivity index (χ2n) is 4.71. The zero-order chi connectivity index (χ0) is 10.0. The molecule has 1 saturated heterocycles. The molecule has 2 amide bonds. The number of urea groups is 1. The van der Waals surface area contributed by atoms with Crippen molar-refractivity contribution in [1.82, 2.24) is 15.5 Å². The van der Waals surface area contributed by atoms with Gasteiger partial charge < -0.3 is 15.5 Å². The molecular formula is C10H19N3O. The van der Waals surface area contributed by atoms with Crippen LogP contribution in [0.4, 0.5) is 4.79 Å². The maximum absolute atomic E-state index is 11.2. The van der Waals surface area contributed by atoms with Crippen LogP contribution in [0.2, 0.25) is 0 Å². The minimum atomic E-state index is 0.0874. The summed E-state index contributed by atoms with van der Waals surface area (Å²) >= 11 is 0. The molecule has 1 saturated carbocycles. The van der Waals surface area contributed by atoms with Gasteiger partial charge in [-0.3, -0.25) is 0 Å². The molecule has 1 aliphatic heterocycles. The van der Waals surface area contributed by atoms with Crippen LogP contribution in [0.5, 0.6) is 0 Å². The zero-order valence-electron chi connectivity index (χ0n) is 8.81. The van der Waals surface area contributed by atoms with Crippen LogP contribution in [0.3, 0.4) is 0 Å². The average Bonchev–Trinajstić information content (AvgIpc) is 2.74. The quantitative estimate of drug-likeness (QED) is 0.627. The Labute approximate surface area is 85.0 Å². The molecule has 0 bridgehead atoms. The molecule has 0 radical (unpaired) electrons. The van der Waals surface area contributed by atoms with E-state index in [1.807, 2.05) is 4.90 Å². The maximum Gasteiger partial charge on any atom is 0.317 e. The van der Waals surface area contributed by atoms with Crippen molar-refractivity contribution in [3.8, 4) is 0 Å². The van der Waals surface area contributed by atoms with Gasteiger partial charge in [-0.15, -0.1) is 0 Å². The van der Waals surface area contributed by atoms with E-state index < -0.39 is 0 Å². The first-order valence-corrected chi connectivity index (χ1v) is 5.43. The van der Waals surface area contributed by atoms with Crippen LogP contribution in [-0.2, 0) is 0 Å². The van der Waals surface area contributed by atoms with E-state index in [1.54, 1.807) is 0 Å². The van der Waals surface area contributed by atoms with Gasteiger partial charge in [0, 0.05) is 32.7 Å². The minimum Gasteiger partial charge on any atom is -0.336 e. The topological polar surface area (TPSA) is 44.4 Å². The monoisotopic (exact) mass is 197 g/mol. The van der Waals surface area contributed by atoms with Crippen LogP contribution in [0, 0.1) is 5.41 Å². The molecule has 0 aromatic heterocycles. The van der Waals surface area contributed by atoms with E-state index >= 15 is 0 Å². The minimum absolute atomic E-state index is 0.0874. The number of rotatable bonds is 5. The standard InChI is InChI=1S/C10H19N3O/c1-10(2-3-10)8-11-4-6-13-7-5-12-9(13)14/h11H,2-8H2,1H3,(H,12,14). The fourth-order valence-electron chi connectivity index (χ4n) is 1.72. The summed E-state index contributed by atoms with van der Waals surface area (Å²) in [4.78, 5) is 13.0. The summed E-state index contributed by atoms with van der Waals surface area (Å²) in [6, 6.07) is 0.0874. The van der Waals surface area contributed by atoms with Gasteiger partial charge in [0.25, 0.3) is 0 Å². The largest absolute Gasteiger partial charge is 0.336 e. The second-order valence-corrected chi connectivity index (χ2v) is 4.71. The lowest BCUT2D eigenvalue weighted by Gasteiger charge is -2.15. The van der Waals surface area contributed by atoms with Crippen molar-refractivity contribution in [2.24, 2.45) is 5.41 Å². The Balaban J connectivity index is 1.56. The van der Waals surface area contributed by atoms with Crippen LogP contribution in [0.1, 0.15) is 19.8 Å². The third-order valence-corrected chi connectivity index (χ3v) is 3.16. The van der Waals surface area contributed by atoms with E-state index in [4.69, 9.17) is 0 Å². The summed E-state index contributed by atoms with van der Waals surface area (Å²) < 4.78 is 0. The molecule has 0 aromatic carbocycles. The predicted octanol–water partition coefficient (Wildman–Crippen LogP) is 0.401. The highest BCUT2D eigenvalue weighted by atomic mass is 16.2. The lowest BCUT2D eigenvalue weighted by molar-refractivity contribution is 0.217. The Bertz CT molecular complexity index is 225. The molecule has 2 rings (SSSR count). The van der Waals surface area contributed by atoms with Gasteiger partial charge in [0.1, 0.15) is 0 Å². The van der Waals surface area contributed by atoms with E-state index in [0.717, 1.165) is 32.7 Å². The smallest absolute Gasteiger partial charge is 0.317 e. The van der Waals surface area contributed by atoms with Crippen LogP contribution < -0.4 is 10.6 Å². The van der Waals surface area contributed by atoms with Crippen LogP contribution >= 0.6 is 0 Å². The molecule has 2 aliphatic rings. The molecule has 1 heterocycles. The highest BCUT2D eigenvalue weighted by Crippen LogP contribution is 2.43. The third-order valence-electron chi connectivity index (χ3n) is 3.16. The van der Waals surface area contributed by atoms with Gasteiger partial charge in [-0.05, 0) is 18.3 Å². The summed E-state index contributed by atoms with van der Waals surface area (Å²) in [5.41, 5.74) is 0.563. The molecule has 1 aliphatic carbocycles. The van der Waals surface area contributed by atoms with Crippen molar-refractivity contribution >= 4 is 6.03 Å². The lowest BCUT2D eigenvalue weighted by Crippen LogP contribution is -2.36. The van der Waals surface area contributed by atoms with E-state index in [9.17, 15) is 4.79 Å². The summed E-state index contributed by atoms with van der Waals surface area (Å²) in [7, 11) is 0. The molecule has 4 heteroatoms. The summed E-state index contributed by atoms with van der Waals surface area (Å²) in [5.74, 6) is 0. The van der Waals surface area contributed by atoms with Crippen LogP contribution in [-0.4, -0.2) is 43.7 Å². The van der Waals surface area contributed by atoms with Gasteiger partial charge in [0.2, 0.25) is 0 Å². The van der Waals surface area contributed by atoms with Crippen molar-refractivity contribution < 1.29 is 4.79 Å². The third kappa shape index (κ3) is 2.38. The van der Waals surface area contributed by atoms with E-state index in [1.165, 1.54) is 12.8 Å². The predicted molar refractivity (Wildman–Crippen MR) is 55.2 cm³/mol. The first kappa shape index (κ1) is 9.77. The van der Waals surface area contributed by atoms with Gasteiger partial charge in [-0.1, -0.05) is 6.92 Å². The highest BCUT2D eigenvalue weighted by Gasteiger charge is 2.36. The van der Waals surface area contributed by atoms with Crippen molar-refractivity contribution in [3.05, 3.63) is 0 Å². The van der Waals surface area contributed by atoms with E-state index in [-0.39, 0.29) is 6.03 Å². The molecule has 0 atom stereocenters. The highest BCUT2D eigenvalue weighted by molar-refractivity contribution is 5.76. The summed E-state index contributed by atoms with van der Waals surface area (Å²) in [6.07, 6.45) is 2.70. The van der Waals surface area contributed by atoms with Gasteiger partial charge in [0.15, 0.2) is 0 Å². The van der Waals surface area contributed by atoms with Crippen molar-refractivity contribution in [2.75, 3.05) is 32.7 Å². The van der Waals surface area contributed by atoms with Gasteiger partial charge in [-0.2, -0.15) is 0 Å². The summed E-state index contributed by atoms with van der Waals surface area (Å²) in [6.45, 7) is 6.82. The molecule has 2 N–H and O–H groups in total.